The van der Waals surface area contributed by atoms with Crippen molar-refractivity contribution in [3.8, 4) is 0 Å². The van der Waals surface area contributed by atoms with E-state index in [9.17, 15) is 4.79 Å². The molecule has 0 radical (unpaired) electrons. The smallest absolute Gasteiger partial charge is 0.236 e. The summed E-state index contributed by atoms with van der Waals surface area (Å²) in [7, 11) is 3.60. The molecule has 1 aliphatic rings. The Bertz CT molecular complexity index is 261. The van der Waals surface area contributed by atoms with Crippen LogP contribution < -0.4 is 5.73 Å². The highest BCUT2D eigenvalue weighted by molar-refractivity contribution is 5.77. The minimum atomic E-state index is 0.174. The number of likely N-dealkylation sites (tertiary alicyclic amines) is 1. The molecule has 0 aromatic heterocycles. The molecule has 0 aliphatic carbocycles. The summed E-state index contributed by atoms with van der Waals surface area (Å²) in [4.78, 5) is 16.0. The van der Waals surface area contributed by atoms with E-state index < -0.39 is 0 Å². The minimum Gasteiger partial charge on any atom is -0.380 e. The Morgan fingerprint density at radius 2 is 2.28 bits per heavy atom. The zero-order valence-corrected chi connectivity index (χ0v) is 11.9. The Kier molecular flexibility index (Phi) is 6.60. The summed E-state index contributed by atoms with van der Waals surface area (Å²) >= 11 is 0. The van der Waals surface area contributed by atoms with Gasteiger partial charge in [0.2, 0.25) is 5.91 Å². The maximum atomic E-state index is 12.0. The van der Waals surface area contributed by atoms with Crippen LogP contribution in [0, 0.1) is 5.92 Å². The first-order chi connectivity index (χ1) is 8.58. The van der Waals surface area contributed by atoms with Crippen LogP contribution in [0.5, 0.6) is 0 Å². The Balaban J connectivity index is 2.35. The third-order valence-corrected chi connectivity index (χ3v) is 3.76. The number of rotatable bonds is 6. The molecule has 0 aromatic carbocycles. The summed E-state index contributed by atoms with van der Waals surface area (Å²) in [5.41, 5.74) is 5.45. The van der Waals surface area contributed by atoms with Gasteiger partial charge in [-0.2, -0.15) is 0 Å². The average Bonchev–Trinajstić information content (AvgIpc) is 2.37. The number of ether oxygens (including phenoxy) is 1. The summed E-state index contributed by atoms with van der Waals surface area (Å²) in [5.74, 6) is 0.754. The second-order valence-corrected chi connectivity index (χ2v) is 5.23. The molecule has 1 fully saturated rings. The molecule has 1 aliphatic heterocycles. The maximum Gasteiger partial charge on any atom is 0.236 e. The highest BCUT2D eigenvalue weighted by atomic mass is 16.5. The molecule has 1 saturated heterocycles. The van der Waals surface area contributed by atoms with E-state index in [0.717, 1.165) is 32.5 Å². The van der Waals surface area contributed by atoms with Crippen LogP contribution in [0.15, 0.2) is 0 Å². The monoisotopic (exact) mass is 257 g/mol. The van der Waals surface area contributed by atoms with Crippen LogP contribution in [0.25, 0.3) is 0 Å². The molecule has 1 amide bonds. The van der Waals surface area contributed by atoms with E-state index in [2.05, 4.69) is 11.8 Å². The molecule has 1 heterocycles. The Morgan fingerprint density at radius 3 is 2.89 bits per heavy atom. The van der Waals surface area contributed by atoms with E-state index >= 15 is 0 Å². The lowest BCUT2D eigenvalue weighted by atomic mass is 9.96. The van der Waals surface area contributed by atoms with Crippen molar-refractivity contribution < 1.29 is 9.53 Å². The van der Waals surface area contributed by atoms with Gasteiger partial charge in [-0.1, -0.05) is 6.92 Å². The van der Waals surface area contributed by atoms with Gasteiger partial charge in [0.25, 0.3) is 0 Å². The zero-order chi connectivity index (χ0) is 13.5. The van der Waals surface area contributed by atoms with Crippen molar-refractivity contribution in [2.75, 3.05) is 46.9 Å². The highest BCUT2D eigenvalue weighted by Gasteiger charge is 2.27. The van der Waals surface area contributed by atoms with Crippen molar-refractivity contribution in [2.24, 2.45) is 11.7 Å². The maximum absolute atomic E-state index is 12.0. The number of methoxy groups -OCH3 is 1. The van der Waals surface area contributed by atoms with Crippen LogP contribution in [-0.4, -0.2) is 68.7 Å². The standard InChI is InChI=1S/C13H27N3O2/c1-11-5-8-16(9-12(11)18-3)10-13(17)15(2)7-4-6-14/h11-12H,4-10,14H2,1-3H3. The van der Waals surface area contributed by atoms with Gasteiger partial charge in [-0.05, 0) is 31.8 Å². The summed E-state index contributed by atoms with van der Waals surface area (Å²) < 4.78 is 5.46. The number of nitrogens with two attached hydrogens (primary N) is 1. The average molecular weight is 257 g/mol. The molecule has 106 valence electrons. The number of hydrogen-bond donors (Lipinski definition) is 1. The molecule has 0 saturated carbocycles. The molecule has 5 heteroatoms. The Hall–Kier alpha value is -0.650. The van der Waals surface area contributed by atoms with Crippen molar-refractivity contribution in [2.45, 2.75) is 25.9 Å². The molecule has 1 rings (SSSR count). The van der Waals surface area contributed by atoms with Gasteiger partial charge in [-0.3, -0.25) is 9.69 Å². The van der Waals surface area contributed by atoms with E-state index in [0.29, 0.717) is 19.0 Å². The number of carbonyl (C=O) groups is 1. The van der Waals surface area contributed by atoms with Crippen LogP contribution in [0.2, 0.25) is 0 Å². The fourth-order valence-electron chi connectivity index (χ4n) is 2.31. The second kappa shape index (κ2) is 7.71. The molecule has 18 heavy (non-hydrogen) atoms. The van der Waals surface area contributed by atoms with E-state index in [1.807, 2.05) is 7.05 Å². The van der Waals surface area contributed by atoms with Crippen molar-refractivity contribution in [3.63, 3.8) is 0 Å². The van der Waals surface area contributed by atoms with Crippen LogP contribution in [0.4, 0.5) is 0 Å². The van der Waals surface area contributed by atoms with Crippen LogP contribution in [0.1, 0.15) is 19.8 Å². The lowest BCUT2D eigenvalue weighted by Crippen LogP contribution is -2.48. The van der Waals surface area contributed by atoms with Crippen molar-refractivity contribution in [1.82, 2.24) is 9.80 Å². The molecular formula is C13H27N3O2. The number of nitrogens with zero attached hydrogens (tertiary/aromatic N) is 2. The van der Waals surface area contributed by atoms with Gasteiger partial charge in [0.1, 0.15) is 0 Å². The Labute approximate surface area is 110 Å². The number of piperidine rings is 1. The van der Waals surface area contributed by atoms with Crippen LogP contribution in [0.3, 0.4) is 0 Å². The lowest BCUT2D eigenvalue weighted by Gasteiger charge is -2.36. The lowest BCUT2D eigenvalue weighted by molar-refractivity contribution is -0.132. The van der Waals surface area contributed by atoms with Crippen LogP contribution in [-0.2, 0) is 9.53 Å². The van der Waals surface area contributed by atoms with Crippen molar-refractivity contribution >= 4 is 5.91 Å². The fraction of sp³-hybridized carbons (Fsp3) is 0.923. The molecule has 0 aromatic rings. The predicted octanol–water partition coefficient (Wildman–Crippen LogP) is 0.150. The van der Waals surface area contributed by atoms with Gasteiger partial charge >= 0.3 is 0 Å². The molecule has 2 atom stereocenters. The third kappa shape index (κ3) is 4.55. The van der Waals surface area contributed by atoms with E-state index in [4.69, 9.17) is 10.5 Å². The molecule has 2 unspecified atom stereocenters. The third-order valence-electron chi connectivity index (χ3n) is 3.76. The fourth-order valence-corrected chi connectivity index (χ4v) is 2.31. The predicted molar refractivity (Wildman–Crippen MR) is 72.3 cm³/mol. The van der Waals surface area contributed by atoms with E-state index in [1.165, 1.54) is 0 Å². The number of amides is 1. The van der Waals surface area contributed by atoms with Crippen LogP contribution >= 0.6 is 0 Å². The van der Waals surface area contributed by atoms with Gasteiger partial charge < -0.3 is 15.4 Å². The normalized spacial score (nSPS) is 25.1. The summed E-state index contributed by atoms with van der Waals surface area (Å²) in [6.45, 7) is 5.91. The van der Waals surface area contributed by atoms with Gasteiger partial charge in [-0.15, -0.1) is 0 Å². The number of likely N-dealkylation sites (N-methyl/N-ethyl adjacent to an activating group) is 1. The number of hydrogen-bond acceptors (Lipinski definition) is 4. The molecule has 0 bridgehead atoms. The first-order valence-corrected chi connectivity index (χ1v) is 6.77. The molecule has 2 N–H and O–H groups in total. The quantitative estimate of drug-likeness (QED) is 0.736. The summed E-state index contributed by atoms with van der Waals surface area (Å²) in [6.07, 6.45) is 2.21. The van der Waals surface area contributed by atoms with Gasteiger partial charge in [0.15, 0.2) is 0 Å². The van der Waals surface area contributed by atoms with Gasteiger partial charge in [0, 0.05) is 27.2 Å². The Morgan fingerprint density at radius 1 is 1.56 bits per heavy atom. The zero-order valence-electron chi connectivity index (χ0n) is 11.9. The first kappa shape index (κ1) is 15.4. The minimum absolute atomic E-state index is 0.174. The second-order valence-electron chi connectivity index (χ2n) is 5.23. The molecule has 5 nitrogen and oxygen atoms in total. The highest BCUT2D eigenvalue weighted by Crippen LogP contribution is 2.19. The molecular weight excluding hydrogens is 230 g/mol. The molecule has 0 spiro atoms. The van der Waals surface area contributed by atoms with Crippen molar-refractivity contribution in [1.29, 1.82) is 0 Å². The SMILES string of the molecule is COC1CN(CC(=O)N(C)CCCN)CCC1C. The van der Waals surface area contributed by atoms with E-state index in [-0.39, 0.29) is 12.0 Å². The topological polar surface area (TPSA) is 58.8 Å². The van der Waals surface area contributed by atoms with Crippen molar-refractivity contribution in [3.05, 3.63) is 0 Å². The van der Waals surface area contributed by atoms with E-state index in [1.54, 1.807) is 12.0 Å². The summed E-state index contributed by atoms with van der Waals surface area (Å²) in [5, 5.41) is 0. The van der Waals surface area contributed by atoms with Gasteiger partial charge in [-0.25, -0.2) is 0 Å². The summed E-state index contributed by atoms with van der Waals surface area (Å²) in [6, 6.07) is 0. The number of carbonyl (C=O) groups excluding carboxylic acids is 1. The van der Waals surface area contributed by atoms with Gasteiger partial charge in [0.05, 0.1) is 12.6 Å². The first-order valence-electron chi connectivity index (χ1n) is 6.77. The largest absolute Gasteiger partial charge is 0.380 e.